The van der Waals surface area contributed by atoms with Crippen molar-refractivity contribution in [3.63, 3.8) is 0 Å². The molecule has 28 heavy (non-hydrogen) atoms. The molecule has 0 saturated carbocycles. The summed E-state index contributed by atoms with van der Waals surface area (Å²) in [4.78, 5) is 13.0. The minimum Gasteiger partial charge on any atom is -0.497 e. The third-order valence-corrected chi connectivity index (χ3v) is 5.57. The van der Waals surface area contributed by atoms with E-state index in [1.807, 2.05) is 24.3 Å². The minimum atomic E-state index is -1.45. The molecule has 1 aliphatic heterocycles. The van der Waals surface area contributed by atoms with E-state index in [0.29, 0.717) is 24.4 Å². The summed E-state index contributed by atoms with van der Waals surface area (Å²) in [5, 5.41) is 6.47. The predicted molar refractivity (Wildman–Crippen MR) is 111 cm³/mol. The first-order valence-corrected chi connectivity index (χ1v) is 9.87. The second-order valence-corrected chi connectivity index (χ2v) is 7.37. The number of rotatable bonds is 7. The van der Waals surface area contributed by atoms with Crippen molar-refractivity contribution >= 4 is 25.9 Å². The fourth-order valence-corrected chi connectivity index (χ4v) is 3.78. The van der Waals surface area contributed by atoms with Crippen LogP contribution in [0.15, 0.2) is 48.5 Å². The molecule has 3 atom stereocenters. The summed E-state index contributed by atoms with van der Waals surface area (Å²) in [5.41, 5.74) is 6.60. The third-order valence-electron chi connectivity index (χ3n) is 4.82. The Balaban J connectivity index is 1.86. The van der Waals surface area contributed by atoms with Gasteiger partial charge < -0.3 is 24.7 Å². The summed E-state index contributed by atoms with van der Waals surface area (Å²) in [6.07, 6.45) is 0.548. The normalized spacial score (nSPS) is 22.3. The maximum atomic E-state index is 13.0. The van der Waals surface area contributed by atoms with Crippen molar-refractivity contribution in [3.05, 3.63) is 48.5 Å². The first-order chi connectivity index (χ1) is 13.5. The lowest BCUT2D eigenvalue weighted by atomic mass is 9.92. The molecular weight excluding hydrogens is 379 g/mol. The largest absolute Gasteiger partial charge is 0.497 e. The highest BCUT2D eigenvalue weighted by Gasteiger charge is 2.48. The van der Waals surface area contributed by atoms with Gasteiger partial charge in [-0.2, -0.15) is 0 Å². The Morgan fingerprint density at radius 3 is 2.07 bits per heavy atom. The first kappa shape index (κ1) is 20.0. The molecule has 0 bridgehead atoms. The van der Waals surface area contributed by atoms with Crippen LogP contribution in [0.1, 0.15) is 6.42 Å². The molecule has 0 aromatic heterocycles. The molecule has 3 rings (SSSR count). The van der Waals surface area contributed by atoms with Crippen molar-refractivity contribution in [2.75, 3.05) is 31.4 Å². The highest BCUT2D eigenvalue weighted by atomic mass is 31.1. The van der Waals surface area contributed by atoms with E-state index in [4.69, 9.17) is 15.2 Å². The first-order valence-electron chi connectivity index (χ1n) is 8.88. The van der Waals surface area contributed by atoms with Crippen LogP contribution in [0.3, 0.4) is 0 Å². The van der Waals surface area contributed by atoms with E-state index in [0.717, 1.165) is 11.4 Å². The Kier molecular flexibility index (Phi) is 6.11. The number of nitrogens with zero attached hydrogens (tertiary/aromatic N) is 1. The summed E-state index contributed by atoms with van der Waals surface area (Å²) in [5.74, 6) is 1.04. The predicted octanol–water partition coefficient (Wildman–Crippen LogP) is 2.16. The molecule has 4 N–H and O–H groups in total. The van der Waals surface area contributed by atoms with E-state index in [9.17, 15) is 9.36 Å². The van der Waals surface area contributed by atoms with E-state index < -0.39 is 26.2 Å². The summed E-state index contributed by atoms with van der Waals surface area (Å²) in [6, 6.07) is 14.1. The van der Waals surface area contributed by atoms with Gasteiger partial charge in [-0.15, -0.1) is 0 Å². The molecule has 2 aromatic rings. The van der Waals surface area contributed by atoms with Crippen LogP contribution < -0.4 is 25.8 Å². The molecule has 8 nitrogen and oxygen atoms in total. The topological polar surface area (TPSA) is 106 Å². The van der Waals surface area contributed by atoms with Gasteiger partial charge in [0.15, 0.2) is 14.3 Å². The average Bonchev–Trinajstić information content (AvgIpc) is 2.73. The maximum Gasteiger partial charge on any atom is 0.270 e. The zero-order valence-electron chi connectivity index (χ0n) is 15.8. The lowest BCUT2D eigenvalue weighted by Gasteiger charge is -2.44. The zero-order valence-corrected chi connectivity index (χ0v) is 17.0. The summed E-state index contributed by atoms with van der Waals surface area (Å²) >= 11 is 0. The Hall–Kier alpha value is -2.70. The van der Waals surface area contributed by atoms with Crippen molar-refractivity contribution in [3.8, 4) is 11.5 Å². The number of methoxy groups -OCH3 is 2. The molecule has 0 radical (unpaired) electrons. The second-order valence-electron chi connectivity index (χ2n) is 6.54. The van der Waals surface area contributed by atoms with Gasteiger partial charge in [-0.1, -0.05) is 0 Å². The Morgan fingerprint density at radius 2 is 1.57 bits per heavy atom. The van der Waals surface area contributed by atoms with E-state index in [-0.39, 0.29) is 0 Å². The minimum absolute atomic E-state index is 0.384. The molecule has 0 aliphatic carbocycles. The van der Waals surface area contributed by atoms with Crippen molar-refractivity contribution < 1.29 is 18.8 Å². The van der Waals surface area contributed by atoms with Gasteiger partial charge in [0.25, 0.3) is 5.91 Å². The molecule has 1 saturated heterocycles. The van der Waals surface area contributed by atoms with Crippen LogP contribution in [-0.4, -0.2) is 43.0 Å². The van der Waals surface area contributed by atoms with E-state index in [2.05, 4.69) is 10.6 Å². The molecule has 1 fully saturated rings. The molecular formula is C19H25N4O4P. The number of nitrogens with one attached hydrogen (secondary N) is 2. The smallest absolute Gasteiger partial charge is 0.270 e. The number of hydrogen-bond donors (Lipinski definition) is 3. The van der Waals surface area contributed by atoms with Crippen LogP contribution in [-0.2, 0) is 9.36 Å². The molecule has 1 aliphatic rings. The number of carbonyl (C=O) groups excluding carboxylic acids is 1. The fourth-order valence-electron chi connectivity index (χ4n) is 3.21. The number of nitrogens with two attached hydrogens (primary N) is 1. The lowest BCUT2D eigenvalue weighted by molar-refractivity contribution is -0.133. The maximum absolute atomic E-state index is 13.0. The van der Waals surface area contributed by atoms with E-state index >= 15 is 0 Å². The number of carbonyl (C=O) groups is 1. The number of ether oxygens (including phenoxy) is 2. The lowest BCUT2D eigenvalue weighted by Crippen LogP contribution is -2.71. The molecule has 2 aromatic carbocycles. The van der Waals surface area contributed by atoms with Crippen molar-refractivity contribution in [1.82, 2.24) is 4.67 Å². The van der Waals surface area contributed by atoms with Crippen molar-refractivity contribution in [2.24, 2.45) is 5.73 Å². The van der Waals surface area contributed by atoms with Crippen molar-refractivity contribution in [2.45, 2.75) is 18.1 Å². The third kappa shape index (κ3) is 4.08. The second kappa shape index (κ2) is 8.54. The Bertz CT molecular complexity index is 831. The summed E-state index contributed by atoms with van der Waals surface area (Å²) < 4.78 is 23.2. The van der Waals surface area contributed by atoms with Gasteiger partial charge in [0.05, 0.1) is 20.3 Å². The number of anilines is 2. The van der Waals surface area contributed by atoms with Crippen LogP contribution >= 0.6 is 8.61 Å². The molecule has 2 unspecified atom stereocenters. The average molecular weight is 404 g/mol. The molecule has 0 spiro atoms. The van der Waals surface area contributed by atoms with E-state index in [1.54, 1.807) is 38.5 Å². The number of piperidine rings is 1. The van der Waals surface area contributed by atoms with Crippen LogP contribution in [0.2, 0.25) is 0 Å². The standard InChI is InChI=1S/C19H25N4O4P/c1-26-15-7-3-13(4-8-15)21-17-11-12-23(28-25)18(24)19(17,20)22-14-5-9-16(27-2)10-6-14/h3-10,17,21-22H,11-12,20,28H2,1-2H3/t17?,19-/m0/s1. The SMILES string of the molecule is COc1ccc(NC2CCN([PH2]=O)C(=O)[C@@]2(N)Nc2ccc(OC)cc2)cc1. The van der Waals surface area contributed by atoms with Crippen LogP contribution in [0, 0.1) is 0 Å². The van der Waals surface area contributed by atoms with Gasteiger partial charge in [0.2, 0.25) is 0 Å². The molecule has 1 amide bonds. The van der Waals surface area contributed by atoms with Gasteiger partial charge in [-0.3, -0.25) is 15.2 Å². The molecule has 1 heterocycles. The molecule has 9 heteroatoms. The summed E-state index contributed by atoms with van der Waals surface area (Å²) in [7, 11) is 1.80. The monoisotopic (exact) mass is 404 g/mol. The van der Waals surface area contributed by atoms with Gasteiger partial charge in [0, 0.05) is 17.9 Å². The quantitative estimate of drug-likeness (QED) is 0.480. The van der Waals surface area contributed by atoms with Crippen molar-refractivity contribution in [1.29, 1.82) is 0 Å². The zero-order chi connectivity index (χ0) is 20.1. The van der Waals surface area contributed by atoms with E-state index in [1.165, 1.54) is 4.67 Å². The van der Waals surface area contributed by atoms with Gasteiger partial charge in [-0.25, -0.2) is 0 Å². The highest BCUT2D eigenvalue weighted by molar-refractivity contribution is 7.21. The van der Waals surface area contributed by atoms with Gasteiger partial charge >= 0.3 is 0 Å². The van der Waals surface area contributed by atoms with Crippen LogP contribution in [0.25, 0.3) is 0 Å². The Labute approximate surface area is 165 Å². The van der Waals surface area contributed by atoms with Crippen LogP contribution in [0.5, 0.6) is 11.5 Å². The van der Waals surface area contributed by atoms with Crippen LogP contribution in [0.4, 0.5) is 11.4 Å². The van der Waals surface area contributed by atoms with Gasteiger partial charge in [0.1, 0.15) is 11.5 Å². The Morgan fingerprint density at radius 1 is 1.04 bits per heavy atom. The molecule has 150 valence electrons. The highest BCUT2D eigenvalue weighted by Crippen LogP contribution is 2.30. The summed E-state index contributed by atoms with van der Waals surface area (Å²) in [6.45, 7) is 0.384. The fraction of sp³-hybridized carbons (Fsp3) is 0.316. The van der Waals surface area contributed by atoms with Gasteiger partial charge in [-0.05, 0) is 55.0 Å². The number of benzene rings is 2. The number of amides is 1. The number of hydrogen-bond acceptors (Lipinski definition) is 7.